The van der Waals surface area contributed by atoms with Crippen molar-refractivity contribution in [1.29, 1.82) is 5.26 Å². The van der Waals surface area contributed by atoms with Gasteiger partial charge in [-0.25, -0.2) is 29.9 Å². The predicted octanol–water partition coefficient (Wildman–Crippen LogP) is 11.2. The molecular formula is C49H37N7. The van der Waals surface area contributed by atoms with Gasteiger partial charge in [-0.2, -0.15) is 5.26 Å². The second kappa shape index (κ2) is 15.3. The molecule has 0 amide bonds. The third kappa shape index (κ3) is 6.85. The molecule has 1 aliphatic carbocycles. The van der Waals surface area contributed by atoms with Crippen LogP contribution in [0.4, 0.5) is 0 Å². The number of aromatic nitrogens is 6. The molecule has 2 aromatic heterocycles. The van der Waals surface area contributed by atoms with E-state index in [9.17, 15) is 5.26 Å². The maximum absolute atomic E-state index is 10.7. The third-order valence-electron chi connectivity index (χ3n) is 10.7. The molecule has 7 nitrogen and oxygen atoms in total. The average molecular weight is 724 g/mol. The van der Waals surface area contributed by atoms with Crippen LogP contribution in [0.25, 0.3) is 68.3 Å². The Hall–Kier alpha value is -7.17. The maximum atomic E-state index is 10.7. The Balaban J connectivity index is 1.11. The molecule has 6 aromatic carbocycles. The number of nitriles is 1. The zero-order valence-electron chi connectivity index (χ0n) is 30.8. The molecule has 9 rings (SSSR count). The van der Waals surface area contributed by atoms with Crippen LogP contribution in [0.5, 0.6) is 0 Å². The summed E-state index contributed by atoms with van der Waals surface area (Å²) in [6.45, 7) is 0. The molecule has 1 aliphatic rings. The van der Waals surface area contributed by atoms with Gasteiger partial charge in [-0.15, -0.1) is 0 Å². The van der Waals surface area contributed by atoms with E-state index in [1.165, 1.54) is 12.0 Å². The molecule has 56 heavy (non-hydrogen) atoms. The van der Waals surface area contributed by atoms with Gasteiger partial charge >= 0.3 is 0 Å². The molecule has 0 unspecified atom stereocenters. The molecule has 1 saturated carbocycles. The highest BCUT2D eigenvalue weighted by atomic mass is 15.0. The molecule has 0 atom stereocenters. The number of benzene rings is 6. The lowest BCUT2D eigenvalue weighted by molar-refractivity contribution is 0.346. The van der Waals surface area contributed by atoms with Gasteiger partial charge in [-0.05, 0) is 36.1 Å². The van der Waals surface area contributed by atoms with Gasteiger partial charge in [0.2, 0.25) is 0 Å². The Labute approximate surface area is 326 Å². The van der Waals surface area contributed by atoms with Crippen molar-refractivity contribution in [2.75, 3.05) is 0 Å². The van der Waals surface area contributed by atoms with Crippen molar-refractivity contribution in [3.05, 3.63) is 180 Å². The van der Waals surface area contributed by atoms with Crippen molar-refractivity contribution in [1.82, 2.24) is 29.9 Å². The van der Waals surface area contributed by atoms with Crippen LogP contribution < -0.4 is 0 Å². The topological polar surface area (TPSA) is 101 Å². The average Bonchev–Trinajstić information content (AvgIpc) is 3.30. The Kier molecular flexibility index (Phi) is 9.44. The second-order valence-electron chi connectivity index (χ2n) is 14.2. The highest BCUT2D eigenvalue weighted by molar-refractivity contribution is 5.71. The van der Waals surface area contributed by atoms with E-state index in [1.807, 2.05) is 127 Å². The summed E-state index contributed by atoms with van der Waals surface area (Å²) in [5.74, 6) is 3.50. The van der Waals surface area contributed by atoms with E-state index in [0.29, 0.717) is 46.1 Å². The van der Waals surface area contributed by atoms with Gasteiger partial charge in [-0.3, -0.25) is 0 Å². The third-order valence-corrected chi connectivity index (χ3v) is 10.7. The van der Waals surface area contributed by atoms with Crippen molar-refractivity contribution in [2.45, 2.75) is 37.5 Å². The van der Waals surface area contributed by atoms with Crippen LogP contribution >= 0.6 is 0 Å². The highest BCUT2D eigenvalue weighted by Gasteiger charge is 2.36. The fourth-order valence-electron chi connectivity index (χ4n) is 7.83. The number of hydrogen-bond donors (Lipinski definition) is 0. The monoisotopic (exact) mass is 723 g/mol. The molecule has 0 spiro atoms. The van der Waals surface area contributed by atoms with Crippen LogP contribution in [0.1, 0.15) is 48.8 Å². The second-order valence-corrected chi connectivity index (χ2v) is 14.2. The number of rotatable bonds is 8. The quantitative estimate of drug-likeness (QED) is 0.154. The molecular weight excluding hydrogens is 687 g/mol. The normalized spacial score (nSPS) is 13.5. The van der Waals surface area contributed by atoms with Crippen LogP contribution in [0.15, 0.2) is 164 Å². The van der Waals surface area contributed by atoms with Gasteiger partial charge in [0, 0.05) is 38.8 Å². The van der Waals surface area contributed by atoms with Crippen molar-refractivity contribution >= 4 is 0 Å². The first-order chi connectivity index (χ1) is 27.7. The lowest BCUT2D eigenvalue weighted by atomic mass is 9.65. The van der Waals surface area contributed by atoms with Gasteiger partial charge < -0.3 is 0 Å². The van der Waals surface area contributed by atoms with Gasteiger partial charge in [-0.1, -0.05) is 171 Å². The predicted molar refractivity (Wildman–Crippen MR) is 221 cm³/mol. The summed E-state index contributed by atoms with van der Waals surface area (Å²) >= 11 is 0. The lowest BCUT2D eigenvalue weighted by Gasteiger charge is -2.39. The van der Waals surface area contributed by atoms with Crippen LogP contribution in [-0.4, -0.2) is 29.9 Å². The van der Waals surface area contributed by atoms with Crippen LogP contribution in [0, 0.1) is 11.3 Å². The molecule has 8 aromatic rings. The molecule has 0 bridgehead atoms. The van der Waals surface area contributed by atoms with Crippen molar-refractivity contribution < 1.29 is 0 Å². The highest BCUT2D eigenvalue weighted by Crippen LogP contribution is 2.46. The van der Waals surface area contributed by atoms with E-state index >= 15 is 0 Å². The fraction of sp³-hybridized carbons (Fsp3) is 0.122. The van der Waals surface area contributed by atoms with Crippen LogP contribution in [-0.2, 0) is 5.41 Å². The van der Waals surface area contributed by atoms with E-state index in [2.05, 4.69) is 42.5 Å². The minimum atomic E-state index is -0.256. The molecule has 7 heteroatoms. The van der Waals surface area contributed by atoms with E-state index in [-0.39, 0.29) is 5.41 Å². The van der Waals surface area contributed by atoms with Gasteiger partial charge in [0.05, 0.1) is 11.6 Å². The zero-order chi connectivity index (χ0) is 37.7. The summed E-state index contributed by atoms with van der Waals surface area (Å²) in [5, 5.41) is 10.7. The van der Waals surface area contributed by atoms with E-state index in [4.69, 9.17) is 29.9 Å². The Morgan fingerprint density at radius 1 is 0.375 bits per heavy atom. The molecule has 2 heterocycles. The van der Waals surface area contributed by atoms with Gasteiger partial charge in [0.25, 0.3) is 0 Å². The largest absolute Gasteiger partial charge is 0.208 e. The minimum absolute atomic E-state index is 0.256. The summed E-state index contributed by atoms with van der Waals surface area (Å²) in [4.78, 5) is 29.5. The number of nitrogens with zero attached hydrogens (tertiary/aromatic N) is 7. The summed E-state index contributed by atoms with van der Waals surface area (Å²) in [5.41, 5.74) is 7.89. The van der Waals surface area contributed by atoms with Crippen LogP contribution in [0.2, 0.25) is 0 Å². The molecule has 268 valence electrons. The first kappa shape index (κ1) is 34.6. The smallest absolute Gasteiger partial charge is 0.165 e. The van der Waals surface area contributed by atoms with Crippen molar-refractivity contribution in [3.8, 4) is 74.4 Å². The SMILES string of the molecule is N#Cc1cc(C2(c3ccc(-c4nc(-c5ccccc5)nc(-c5ccccc5)n4)cc3)CCCCC2)ccc1-c1nc(-c2ccccc2)nc(-c2ccccc2)n1. The summed E-state index contributed by atoms with van der Waals surface area (Å²) in [6, 6.07) is 57.3. The van der Waals surface area contributed by atoms with E-state index in [0.717, 1.165) is 59.1 Å². The molecule has 1 fully saturated rings. The summed E-state index contributed by atoms with van der Waals surface area (Å²) < 4.78 is 0. The lowest BCUT2D eigenvalue weighted by Crippen LogP contribution is -2.30. The minimum Gasteiger partial charge on any atom is -0.208 e. The summed E-state index contributed by atoms with van der Waals surface area (Å²) in [6.07, 6.45) is 5.37. The molecule has 0 aliphatic heterocycles. The first-order valence-electron chi connectivity index (χ1n) is 19.1. The Morgan fingerprint density at radius 3 is 1.12 bits per heavy atom. The standard InChI is InChI=1S/C49H37N7/c50-33-39-32-41(28-29-42(39)48-55-45(36-20-10-3-11-21-36)54-46(56-48)37-22-12-4-13-23-37)49(30-14-5-15-31-49)40-26-24-38(25-27-40)47-52-43(34-16-6-1-7-17-34)51-44(53-47)35-18-8-2-9-19-35/h1-4,6-13,16-29,32H,5,14-15,30-31H2. The fourth-order valence-corrected chi connectivity index (χ4v) is 7.83. The van der Waals surface area contributed by atoms with E-state index < -0.39 is 0 Å². The van der Waals surface area contributed by atoms with Gasteiger partial charge in [0.1, 0.15) is 0 Å². The van der Waals surface area contributed by atoms with Gasteiger partial charge in [0.15, 0.2) is 34.9 Å². The van der Waals surface area contributed by atoms with Crippen molar-refractivity contribution in [2.24, 2.45) is 0 Å². The van der Waals surface area contributed by atoms with Crippen LogP contribution in [0.3, 0.4) is 0 Å². The van der Waals surface area contributed by atoms with Crippen molar-refractivity contribution in [3.63, 3.8) is 0 Å². The summed E-state index contributed by atoms with van der Waals surface area (Å²) in [7, 11) is 0. The first-order valence-corrected chi connectivity index (χ1v) is 19.1. The Bertz CT molecular complexity index is 2540. The maximum Gasteiger partial charge on any atom is 0.165 e. The zero-order valence-corrected chi connectivity index (χ0v) is 30.8. The molecule has 0 radical (unpaired) electrons. The number of hydrogen-bond acceptors (Lipinski definition) is 7. The molecule has 0 saturated heterocycles. The molecule has 0 N–H and O–H groups in total. The van der Waals surface area contributed by atoms with E-state index in [1.54, 1.807) is 0 Å². The Morgan fingerprint density at radius 2 is 0.732 bits per heavy atom.